The first kappa shape index (κ1) is 14.1. The van der Waals surface area contributed by atoms with E-state index in [0.29, 0.717) is 12.1 Å². The number of halogens is 1. The Hall–Kier alpha value is -0.840. The molecule has 1 aliphatic heterocycles. The first-order chi connectivity index (χ1) is 9.72. The molecular weight excluding hydrogens is 274 g/mol. The number of hydrogen-bond acceptors (Lipinski definition) is 4. The van der Waals surface area contributed by atoms with Crippen molar-refractivity contribution in [2.75, 3.05) is 25.1 Å². The molecule has 2 heterocycles. The fourth-order valence-electron chi connectivity index (χ4n) is 2.54. The summed E-state index contributed by atoms with van der Waals surface area (Å²) in [6.45, 7) is 2.61. The topological polar surface area (TPSA) is 37.4 Å². The molecule has 2 aliphatic rings. The molecular formula is C15H22ClN3O. The van der Waals surface area contributed by atoms with E-state index >= 15 is 0 Å². The van der Waals surface area contributed by atoms with Crippen molar-refractivity contribution >= 4 is 17.4 Å². The minimum atomic E-state index is 0.338. The van der Waals surface area contributed by atoms with Crippen molar-refractivity contribution in [3.8, 4) is 0 Å². The summed E-state index contributed by atoms with van der Waals surface area (Å²) >= 11 is 6.23. The smallest absolute Gasteiger partial charge is 0.128 e. The number of hydrogen-bond donors (Lipinski definition) is 1. The lowest BCUT2D eigenvalue weighted by Gasteiger charge is -2.22. The highest BCUT2D eigenvalue weighted by atomic mass is 35.5. The molecule has 0 bridgehead atoms. The van der Waals surface area contributed by atoms with Crippen LogP contribution in [0.25, 0.3) is 0 Å². The molecule has 5 heteroatoms. The molecule has 0 spiro atoms. The van der Waals surface area contributed by atoms with E-state index in [9.17, 15) is 0 Å². The Labute approximate surface area is 125 Å². The van der Waals surface area contributed by atoms with Gasteiger partial charge in [0, 0.05) is 39.0 Å². The van der Waals surface area contributed by atoms with Crippen LogP contribution >= 0.6 is 11.6 Å². The largest absolute Gasteiger partial charge is 0.376 e. The van der Waals surface area contributed by atoms with Gasteiger partial charge in [0.1, 0.15) is 5.82 Å². The van der Waals surface area contributed by atoms with Crippen molar-refractivity contribution in [1.29, 1.82) is 0 Å². The molecule has 1 unspecified atom stereocenters. The second-order valence-corrected chi connectivity index (χ2v) is 6.21. The van der Waals surface area contributed by atoms with Crippen LogP contribution in [0.4, 0.5) is 5.82 Å². The highest BCUT2D eigenvalue weighted by Gasteiger charge is 2.21. The molecule has 1 atom stereocenters. The van der Waals surface area contributed by atoms with Crippen molar-refractivity contribution in [2.45, 2.75) is 44.4 Å². The third-order valence-electron chi connectivity index (χ3n) is 3.97. The van der Waals surface area contributed by atoms with Gasteiger partial charge in [0.25, 0.3) is 0 Å². The lowest BCUT2D eigenvalue weighted by atomic mass is 10.2. The highest BCUT2D eigenvalue weighted by Crippen LogP contribution is 2.24. The Balaban J connectivity index is 1.63. The molecule has 0 amide bonds. The van der Waals surface area contributed by atoms with E-state index in [-0.39, 0.29) is 0 Å². The van der Waals surface area contributed by atoms with E-state index in [4.69, 9.17) is 16.3 Å². The monoisotopic (exact) mass is 295 g/mol. The van der Waals surface area contributed by atoms with Crippen molar-refractivity contribution in [3.05, 3.63) is 22.8 Å². The van der Waals surface area contributed by atoms with E-state index < -0.39 is 0 Å². The lowest BCUT2D eigenvalue weighted by Crippen LogP contribution is -2.29. The predicted molar refractivity (Wildman–Crippen MR) is 81.4 cm³/mol. The number of anilines is 1. The number of aromatic nitrogens is 1. The Morgan fingerprint density at radius 2 is 2.30 bits per heavy atom. The van der Waals surface area contributed by atoms with Gasteiger partial charge in [-0.05, 0) is 37.3 Å². The minimum absolute atomic E-state index is 0.338. The Morgan fingerprint density at radius 3 is 3.00 bits per heavy atom. The van der Waals surface area contributed by atoms with Gasteiger partial charge in [0.15, 0.2) is 0 Å². The van der Waals surface area contributed by atoms with Gasteiger partial charge in [-0.3, -0.25) is 0 Å². The van der Waals surface area contributed by atoms with Crippen molar-refractivity contribution in [2.24, 2.45) is 0 Å². The van der Waals surface area contributed by atoms with Crippen molar-refractivity contribution in [1.82, 2.24) is 10.3 Å². The summed E-state index contributed by atoms with van der Waals surface area (Å²) in [5, 5.41) is 4.24. The summed E-state index contributed by atoms with van der Waals surface area (Å²) in [4.78, 5) is 6.59. The number of rotatable bonds is 6. The quantitative estimate of drug-likeness (QED) is 0.875. The molecule has 1 aromatic rings. The van der Waals surface area contributed by atoms with E-state index in [1.807, 2.05) is 0 Å². The molecule has 1 N–H and O–H groups in total. The number of nitrogens with one attached hydrogen (secondary N) is 1. The van der Waals surface area contributed by atoms with Crippen LogP contribution in [-0.4, -0.2) is 37.3 Å². The molecule has 20 heavy (non-hydrogen) atoms. The molecule has 1 saturated carbocycles. The van der Waals surface area contributed by atoms with Crippen molar-refractivity contribution in [3.63, 3.8) is 0 Å². The average molecular weight is 296 g/mol. The molecule has 3 rings (SSSR count). The molecule has 1 saturated heterocycles. The normalized spacial score (nSPS) is 22.2. The maximum atomic E-state index is 6.23. The molecule has 110 valence electrons. The van der Waals surface area contributed by atoms with E-state index in [1.165, 1.54) is 19.3 Å². The molecule has 0 aromatic carbocycles. The van der Waals surface area contributed by atoms with Crippen LogP contribution in [0.15, 0.2) is 12.3 Å². The van der Waals surface area contributed by atoms with Crippen LogP contribution in [0.5, 0.6) is 0 Å². The maximum Gasteiger partial charge on any atom is 0.128 e. The van der Waals surface area contributed by atoms with Gasteiger partial charge in [-0.15, -0.1) is 0 Å². The van der Waals surface area contributed by atoms with Gasteiger partial charge >= 0.3 is 0 Å². The van der Waals surface area contributed by atoms with Crippen LogP contribution in [0.3, 0.4) is 0 Å². The third kappa shape index (κ3) is 3.62. The van der Waals surface area contributed by atoms with Crippen LogP contribution in [0, 0.1) is 0 Å². The summed E-state index contributed by atoms with van der Waals surface area (Å²) < 4.78 is 5.68. The number of ether oxygens (including phenoxy) is 1. The van der Waals surface area contributed by atoms with Gasteiger partial charge in [0.05, 0.1) is 11.1 Å². The highest BCUT2D eigenvalue weighted by molar-refractivity contribution is 6.31. The van der Waals surface area contributed by atoms with Gasteiger partial charge in [0.2, 0.25) is 0 Å². The molecule has 0 radical (unpaired) electrons. The summed E-state index contributed by atoms with van der Waals surface area (Å²) in [5.41, 5.74) is 1.13. The fourth-order valence-corrected chi connectivity index (χ4v) is 2.71. The third-order valence-corrected chi connectivity index (χ3v) is 4.31. The Bertz CT molecular complexity index is 458. The minimum Gasteiger partial charge on any atom is -0.376 e. The zero-order valence-corrected chi connectivity index (χ0v) is 12.7. The zero-order chi connectivity index (χ0) is 13.9. The molecule has 1 aromatic heterocycles. The fraction of sp³-hybridized carbons (Fsp3) is 0.667. The van der Waals surface area contributed by atoms with Crippen LogP contribution in [-0.2, 0) is 11.3 Å². The standard InChI is InChI=1S/C15H22ClN3O/c1-19(10-13-3-2-6-20-13)15-7-11(14(16)9-18-15)8-17-12-4-5-12/h7,9,12-13,17H,2-6,8,10H2,1H3. The predicted octanol–water partition coefficient (Wildman–Crippen LogP) is 2.60. The Morgan fingerprint density at radius 1 is 1.45 bits per heavy atom. The second kappa shape index (κ2) is 6.29. The van der Waals surface area contributed by atoms with Crippen LogP contribution in [0.1, 0.15) is 31.2 Å². The lowest BCUT2D eigenvalue weighted by molar-refractivity contribution is 0.116. The summed E-state index contributed by atoms with van der Waals surface area (Å²) in [5.74, 6) is 0.970. The summed E-state index contributed by atoms with van der Waals surface area (Å²) in [7, 11) is 2.07. The van der Waals surface area contributed by atoms with E-state index in [0.717, 1.165) is 42.5 Å². The van der Waals surface area contributed by atoms with Gasteiger partial charge in [-0.25, -0.2) is 4.98 Å². The number of nitrogens with zero attached hydrogens (tertiary/aromatic N) is 2. The van der Waals surface area contributed by atoms with E-state index in [1.54, 1.807) is 6.20 Å². The Kier molecular flexibility index (Phi) is 4.44. The van der Waals surface area contributed by atoms with Gasteiger partial charge in [-0.2, -0.15) is 0 Å². The van der Waals surface area contributed by atoms with Gasteiger partial charge in [-0.1, -0.05) is 11.6 Å². The number of pyridine rings is 1. The first-order valence-corrected chi connectivity index (χ1v) is 7.80. The SMILES string of the molecule is CN(CC1CCCO1)c1cc(CNC2CC2)c(Cl)cn1. The zero-order valence-electron chi connectivity index (χ0n) is 11.9. The average Bonchev–Trinajstić information content (AvgIpc) is 3.14. The first-order valence-electron chi connectivity index (χ1n) is 7.43. The van der Waals surface area contributed by atoms with Crippen LogP contribution in [0.2, 0.25) is 5.02 Å². The van der Waals surface area contributed by atoms with Gasteiger partial charge < -0.3 is 15.0 Å². The second-order valence-electron chi connectivity index (χ2n) is 5.80. The molecule has 1 aliphatic carbocycles. The summed E-state index contributed by atoms with van der Waals surface area (Å²) in [6, 6.07) is 2.78. The molecule has 4 nitrogen and oxygen atoms in total. The molecule has 2 fully saturated rings. The number of likely N-dealkylation sites (N-methyl/N-ethyl adjacent to an activating group) is 1. The van der Waals surface area contributed by atoms with Crippen molar-refractivity contribution < 1.29 is 4.74 Å². The maximum absolute atomic E-state index is 6.23. The van der Waals surface area contributed by atoms with E-state index in [2.05, 4.69) is 28.3 Å². The van der Waals surface area contributed by atoms with Crippen LogP contribution < -0.4 is 10.2 Å². The summed E-state index contributed by atoms with van der Waals surface area (Å²) in [6.07, 6.45) is 6.98.